The fraction of sp³-hybridized carbons (Fsp3) is 0. The molecule has 0 aliphatic heterocycles. The zero-order valence-electron chi connectivity index (χ0n) is 52.8. The van der Waals surface area contributed by atoms with Crippen LogP contribution in [0.3, 0.4) is 0 Å². The van der Waals surface area contributed by atoms with Gasteiger partial charge in [0, 0.05) is 16.7 Å². The molecule has 0 atom stereocenters. The van der Waals surface area contributed by atoms with Crippen molar-refractivity contribution in [1.82, 2.24) is 15.0 Å². The van der Waals surface area contributed by atoms with Crippen molar-refractivity contribution in [2.75, 3.05) is 0 Å². The molecule has 1 heterocycles. The zero-order chi connectivity index (χ0) is 57.1. The van der Waals surface area contributed by atoms with E-state index in [1.807, 2.05) is 0 Å². The van der Waals surface area contributed by atoms with Gasteiger partial charge in [-0.3, -0.25) is 0 Å². The summed E-state index contributed by atoms with van der Waals surface area (Å²) in [6.45, 7) is 0. The van der Waals surface area contributed by atoms with Gasteiger partial charge in [-0.2, -0.15) is 0 Å². The number of aromatic nitrogens is 3. The normalized spacial score (nSPS) is 19.8. The quantitative estimate of drug-likeness (QED) is 0.139. The first-order valence-electron chi connectivity index (χ1n) is 28.3. The van der Waals surface area contributed by atoms with Crippen LogP contribution in [-0.2, 0) is 0 Å². The van der Waals surface area contributed by atoms with Gasteiger partial charge in [-0.05, 0) is 60.6 Å². The summed E-state index contributed by atoms with van der Waals surface area (Å²) in [6, 6.07) is -27.0. The molecule has 9 aromatic rings. The van der Waals surface area contributed by atoms with Gasteiger partial charge in [0.15, 0.2) is 17.5 Å². The molecule has 0 aliphatic carbocycles. The maximum Gasteiger partial charge on any atom is 0.164 e. The molecule has 224 valence electrons. The van der Waals surface area contributed by atoms with E-state index in [2.05, 4.69) is 15.0 Å². The Bertz CT molecular complexity index is 4160. The molecule has 3 heteroatoms. The lowest BCUT2D eigenvalue weighted by Crippen LogP contribution is -2.00. The van der Waals surface area contributed by atoms with E-state index in [1.54, 1.807) is 0 Å². The third-order valence-corrected chi connectivity index (χ3v) is 6.99. The number of rotatable bonds is 5. The molecule has 0 radical (unpaired) electrons. The predicted molar refractivity (Wildman–Crippen MR) is 200 cm³/mol. The summed E-state index contributed by atoms with van der Waals surface area (Å²) in [5.41, 5.74) is -5.55. The Hall–Kier alpha value is -6.45. The van der Waals surface area contributed by atoms with E-state index in [0.717, 1.165) is 0 Å². The maximum atomic E-state index is 9.56. The van der Waals surface area contributed by atoms with E-state index in [-0.39, 0.29) is 0 Å². The third-order valence-electron chi connectivity index (χ3n) is 6.99. The lowest BCUT2D eigenvalue weighted by molar-refractivity contribution is 1.07. The SMILES string of the molecule is [2H]c1c([2H])c([2H])c(-c2nc(-c3c([2H])c([2H])c(-c4c([2H])c([2H])c([2H])c([2H])c4[2H])c([2H])c3[2H])nc(-c3c([2H])c([2H])c(-c4c5c([2H])c([2H])c([2H])c([2H])c5c([2H])c5c4c([2H])c([2H])c4c([2H])c([2H])c([2H])c([2H])c45)c([2H])c3[2H])n2)c([2H])c1[2H]. The van der Waals surface area contributed by atoms with Gasteiger partial charge in [-0.25, -0.2) is 15.0 Å². The Kier molecular flexibility index (Phi) is 2.70. The Labute approximate surface area is 319 Å². The summed E-state index contributed by atoms with van der Waals surface area (Å²) >= 11 is 0. The second kappa shape index (κ2) is 11.7. The van der Waals surface area contributed by atoms with Gasteiger partial charge in [0.2, 0.25) is 0 Å². The van der Waals surface area contributed by atoms with Crippen molar-refractivity contribution < 1.29 is 39.8 Å². The molecule has 1 aromatic heterocycles. The standard InChI is InChI=1S/C45H29N3/c1-3-11-30(12-4-1)31-19-23-35(24-20-31)44-46-43(34-14-5-2-6-15-34)47-45(48-44)36-25-21-33(22-26-36)42-39-18-10-8-16-37(39)29-41-38-17-9-7-13-32(38)27-28-40(41)42/h1-29H/i1D,2D,3D,4D,5D,6D,7D,8D,9D,10D,11D,12D,13D,14D,15D,16D,17D,18D,19D,20D,21D,22D,23D,24D,25D,26D,27D,28D,29D. The summed E-state index contributed by atoms with van der Waals surface area (Å²) in [4.78, 5) is 12.7. The fourth-order valence-electron chi connectivity index (χ4n) is 4.86. The maximum absolute atomic E-state index is 9.56. The molecule has 9 rings (SSSR count). The Morgan fingerprint density at radius 1 is 0.292 bits per heavy atom. The van der Waals surface area contributed by atoms with E-state index in [9.17, 15) is 8.22 Å². The molecule has 0 aliphatic rings. The molecule has 3 nitrogen and oxygen atoms in total. The van der Waals surface area contributed by atoms with E-state index >= 15 is 0 Å². The summed E-state index contributed by atoms with van der Waals surface area (Å²) in [7, 11) is 0. The Balaban J connectivity index is 1.44. The highest BCUT2D eigenvalue weighted by molar-refractivity contribution is 6.20. The van der Waals surface area contributed by atoms with E-state index in [0.29, 0.717) is 0 Å². The first-order valence-corrected chi connectivity index (χ1v) is 13.8. The lowest BCUT2D eigenvalue weighted by atomic mass is 9.89. The molecule has 8 aromatic carbocycles. The minimum atomic E-state index is -1.11. The van der Waals surface area contributed by atoms with E-state index < -0.39 is 264 Å². The largest absolute Gasteiger partial charge is 0.208 e. The monoisotopic (exact) mass is 640 g/mol. The summed E-state index contributed by atoms with van der Waals surface area (Å²) in [5.74, 6) is -2.74. The minimum absolute atomic E-state index is 0.548. The minimum Gasteiger partial charge on any atom is -0.208 e. The summed E-state index contributed by atoms with van der Waals surface area (Å²) in [6.07, 6.45) is 0. The predicted octanol–water partition coefficient (Wildman–Crippen LogP) is 11.7. The first-order chi connectivity index (χ1) is 35.9. The first kappa shape index (κ1) is 11.1. The van der Waals surface area contributed by atoms with Crippen LogP contribution in [0.2, 0.25) is 0 Å². The van der Waals surface area contributed by atoms with Crippen molar-refractivity contribution in [2.24, 2.45) is 0 Å². The van der Waals surface area contributed by atoms with Crippen molar-refractivity contribution in [3.8, 4) is 56.4 Å². The fourth-order valence-corrected chi connectivity index (χ4v) is 4.86. The number of nitrogens with zero attached hydrogens (tertiary/aromatic N) is 3. The zero-order valence-corrected chi connectivity index (χ0v) is 23.8. The van der Waals surface area contributed by atoms with Gasteiger partial charge in [0.05, 0.1) is 39.8 Å². The second-order valence-electron chi connectivity index (χ2n) is 9.81. The Morgan fingerprint density at radius 2 is 0.729 bits per heavy atom. The van der Waals surface area contributed by atoms with E-state index in [1.165, 1.54) is 0 Å². The smallest absolute Gasteiger partial charge is 0.164 e. The summed E-state index contributed by atoms with van der Waals surface area (Å²) in [5, 5.41) is -3.64. The topological polar surface area (TPSA) is 38.7 Å². The van der Waals surface area contributed by atoms with Gasteiger partial charge < -0.3 is 0 Å². The highest BCUT2D eigenvalue weighted by atomic mass is 15.0. The van der Waals surface area contributed by atoms with Gasteiger partial charge in [-0.1, -0.05) is 169 Å². The number of hydrogen-bond acceptors (Lipinski definition) is 3. The van der Waals surface area contributed by atoms with Crippen molar-refractivity contribution in [3.05, 3.63) is 175 Å². The van der Waals surface area contributed by atoms with Gasteiger partial charge in [-0.15, -0.1) is 0 Å². The number of fused-ring (bicyclic) bond motifs is 4. The molecule has 0 saturated carbocycles. The van der Waals surface area contributed by atoms with Crippen LogP contribution in [0.1, 0.15) is 39.8 Å². The highest BCUT2D eigenvalue weighted by Crippen LogP contribution is 2.40. The molecule has 48 heavy (non-hydrogen) atoms. The molecule has 0 fully saturated rings. The molecule has 0 saturated heterocycles. The molecular formula is C45H29N3. The average Bonchev–Trinajstić information content (AvgIpc) is 3.48. The van der Waals surface area contributed by atoms with Crippen molar-refractivity contribution in [2.45, 2.75) is 0 Å². The summed E-state index contributed by atoms with van der Waals surface area (Å²) < 4.78 is 255. The average molecular weight is 641 g/mol. The van der Waals surface area contributed by atoms with Crippen LogP contribution in [0.25, 0.3) is 88.7 Å². The van der Waals surface area contributed by atoms with Crippen molar-refractivity contribution in [3.63, 3.8) is 0 Å². The highest BCUT2D eigenvalue weighted by Gasteiger charge is 2.15. The Morgan fingerprint density at radius 3 is 1.35 bits per heavy atom. The third kappa shape index (κ3) is 4.99. The van der Waals surface area contributed by atoms with Crippen LogP contribution >= 0.6 is 0 Å². The van der Waals surface area contributed by atoms with E-state index in [4.69, 9.17) is 31.5 Å². The van der Waals surface area contributed by atoms with Crippen LogP contribution in [-0.4, -0.2) is 15.0 Å². The number of benzene rings is 8. The van der Waals surface area contributed by atoms with Crippen LogP contribution in [0.5, 0.6) is 0 Å². The molecular weight excluding hydrogens is 583 g/mol. The van der Waals surface area contributed by atoms with Crippen molar-refractivity contribution >= 4 is 32.3 Å². The van der Waals surface area contributed by atoms with Crippen LogP contribution < -0.4 is 0 Å². The lowest BCUT2D eigenvalue weighted by Gasteiger charge is -2.14. The van der Waals surface area contributed by atoms with Crippen LogP contribution in [0.15, 0.2) is 175 Å². The van der Waals surface area contributed by atoms with Crippen LogP contribution in [0, 0.1) is 0 Å². The molecule has 0 spiro atoms. The molecule has 0 N–H and O–H groups in total. The van der Waals surface area contributed by atoms with Gasteiger partial charge >= 0.3 is 0 Å². The van der Waals surface area contributed by atoms with Crippen LogP contribution in [0.4, 0.5) is 0 Å². The second-order valence-corrected chi connectivity index (χ2v) is 9.81. The molecule has 0 unspecified atom stereocenters. The number of hydrogen-bond donors (Lipinski definition) is 0. The van der Waals surface area contributed by atoms with Gasteiger partial charge in [0.1, 0.15) is 0 Å². The molecule has 0 amide bonds. The van der Waals surface area contributed by atoms with Crippen molar-refractivity contribution in [1.29, 1.82) is 0 Å². The molecule has 0 bridgehead atoms. The van der Waals surface area contributed by atoms with Gasteiger partial charge in [0.25, 0.3) is 0 Å².